The molecule has 2 aromatic rings. The van der Waals surface area contributed by atoms with Crippen LogP contribution in [-0.4, -0.2) is 65.4 Å². The number of piperidine rings is 1. The highest BCUT2D eigenvalue weighted by Gasteiger charge is 2.29. The molecule has 2 fully saturated rings. The summed E-state index contributed by atoms with van der Waals surface area (Å²) in [5.41, 5.74) is 1.17. The molecular weight excluding hydrogens is 496 g/mol. The normalized spacial score (nSPS) is 19.9. The molecule has 1 N–H and O–H groups in total. The van der Waals surface area contributed by atoms with E-state index in [0.29, 0.717) is 48.8 Å². The summed E-state index contributed by atoms with van der Waals surface area (Å²) >= 11 is 6.21. The lowest BCUT2D eigenvalue weighted by Crippen LogP contribution is -2.42. The second-order valence-corrected chi connectivity index (χ2v) is 11.0. The van der Waals surface area contributed by atoms with E-state index in [1.807, 2.05) is 32.9 Å². The van der Waals surface area contributed by atoms with Gasteiger partial charge in [-0.2, -0.15) is 0 Å². The first-order chi connectivity index (χ1) is 17.7. The number of likely N-dealkylation sites (tertiary alicyclic amines) is 1. The van der Waals surface area contributed by atoms with Crippen LogP contribution in [0.15, 0.2) is 30.6 Å². The van der Waals surface area contributed by atoms with Crippen molar-refractivity contribution in [2.24, 2.45) is 5.92 Å². The Morgan fingerprint density at radius 1 is 1.22 bits per heavy atom. The Hall–Kier alpha value is -2.91. The number of nitrogens with one attached hydrogen (secondary N) is 1. The number of hydrogen-bond donors (Lipinski definition) is 1. The van der Waals surface area contributed by atoms with Crippen LogP contribution >= 0.6 is 11.6 Å². The van der Waals surface area contributed by atoms with Crippen LogP contribution in [0.4, 0.5) is 10.6 Å². The quantitative estimate of drug-likeness (QED) is 0.546. The first-order valence-corrected chi connectivity index (χ1v) is 13.1. The van der Waals surface area contributed by atoms with Crippen molar-refractivity contribution in [1.82, 2.24) is 14.9 Å². The second kappa shape index (κ2) is 12.1. The van der Waals surface area contributed by atoms with Crippen molar-refractivity contribution in [3.05, 3.63) is 46.9 Å². The number of hydrogen-bond acceptors (Lipinski definition) is 7. The second-order valence-electron chi connectivity index (χ2n) is 10.6. The fraction of sp³-hybridized carbons (Fsp3) is 0.556. The van der Waals surface area contributed by atoms with E-state index in [1.165, 1.54) is 6.20 Å². The molecule has 0 bridgehead atoms. The van der Waals surface area contributed by atoms with Crippen molar-refractivity contribution < 1.29 is 23.8 Å². The highest BCUT2D eigenvalue weighted by atomic mass is 35.5. The maximum absolute atomic E-state index is 12.6. The SMILES string of the molecule is CC(C)(C)OC(=O)N1CCCC(c2ccc(CC(=O)Nc3cc(OC[C@@H]4CCOC4)c(Cl)cn3)cn2)C1. The number of halogens is 1. The molecule has 0 aliphatic carbocycles. The Labute approximate surface area is 222 Å². The van der Waals surface area contributed by atoms with E-state index in [4.69, 9.17) is 25.8 Å². The van der Waals surface area contributed by atoms with Gasteiger partial charge in [-0.15, -0.1) is 0 Å². The molecule has 2 aliphatic rings. The summed E-state index contributed by atoms with van der Waals surface area (Å²) in [7, 11) is 0. The van der Waals surface area contributed by atoms with Crippen molar-refractivity contribution in [2.75, 3.05) is 38.2 Å². The zero-order chi connectivity index (χ0) is 26.4. The molecule has 1 unspecified atom stereocenters. The molecule has 2 aromatic heterocycles. The van der Waals surface area contributed by atoms with Gasteiger partial charge in [-0.05, 0) is 51.7 Å². The van der Waals surface area contributed by atoms with Crippen LogP contribution in [0.3, 0.4) is 0 Å². The average molecular weight is 531 g/mol. The summed E-state index contributed by atoms with van der Waals surface area (Å²) < 4.78 is 16.7. The van der Waals surface area contributed by atoms with Crippen LogP contribution in [0.2, 0.25) is 5.02 Å². The monoisotopic (exact) mass is 530 g/mol. The Bertz CT molecular complexity index is 1080. The van der Waals surface area contributed by atoms with Crippen molar-refractivity contribution in [2.45, 2.75) is 58.0 Å². The smallest absolute Gasteiger partial charge is 0.410 e. The van der Waals surface area contributed by atoms with E-state index in [1.54, 1.807) is 17.2 Å². The third kappa shape index (κ3) is 8.04. The van der Waals surface area contributed by atoms with Crippen LogP contribution in [0, 0.1) is 5.92 Å². The Balaban J connectivity index is 1.29. The minimum Gasteiger partial charge on any atom is -0.491 e. The predicted octanol–water partition coefficient (Wildman–Crippen LogP) is 4.84. The summed E-state index contributed by atoms with van der Waals surface area (Å²) in [4.78, 5) is 35.6. The van der Waals surface area contributed by atoms with Gasteiger partial charge in [0.2, 0.25) is 5.91 Å². The number of pyridine rings is 2. The van der Waals surface area contributed by atoms with Gasteiger partial charge in [-0.3, -0.25) is 9.78 Å². The zero-order valence-electron chi connectivity index (χ0n) is 21.7. The van der Waals surface area contributed by atoms with Crippen molar-refractivity contribution in [3.8, 4) is 5.75 Å². The molecule has 0 radical (unpaired) electrons. The molecule has 4 rings (SSSR count). The maximum atomic E-state index is 12.6. The fourth-order valence-corrected chi connectivity index (χ4v) is 4.54. The fourth-order valence-electron chi connectivity index (χ4n) is 4.39. The zero-order valence-corrected chi connectivity index (χ0v) is 22.4. The molecule has 4 heterocycles. The van der Waals surface area contributed by atoms with Crippen LogP contribution in [0.1, 0.15) is 57.2 Å². The predicted molar refractivity (Wildman–Crippen MR) is 140 cm³/mol. The number of aromatic nitrogens is 2. The van der Waals surface area contributed by atoms with E-state index in [-0.39, 0.29) is 24.3 Å². The highest BCUT2D eigenvalue weighted by molar-refractivity contribution is 6.32. The Morgan fingerprint density at radius 3 is 2.76 bits per heavy atom. The molecule has 2 atom stereocenters. The van der Waals surface area contributed by atoms with Crippen molar-refractivity contribution in [1.29, 1.82) is 0 Å². The summed E-state index contributed by atoms with van der Waals surface area (Å²) in [5.74, 6) is 1.12. The number of anilines is 1. The van der Waals surface area contributed by atoms with E-state index in [9.17, 15) is 9.59 Å². The maximum Gasteiger partial charge on any atom is 0.410 e. The van der Waals surface area contributed by atoms with Gasteiger partial charge in [-0.25, -0.2) is 9.78 Å². The van der Waals surface area contributed by atoms with Crippen molar-refractivity contribution >= 4 is 29.4 Å². The standard InChI is InChI=1S/C27H35ClN4O5/c1-27(2,3)37-26(34)32-9-4-5-20(15-32)22-7-6-18(13-29-22)11-25(33)31-24-12-23(21(28)14-30-24)36-17-19-8-10-35-16-19/h6-7,12-14,19-20H,4-5,8-11,15-17H2,1-3H3,(H,30,31,33)/t19-,20?/m1/s1. The number of rotatable bonds is 7. The van der Waals surface area contributed by atoms with Gasteiger partial charge in [0.15, 0.2) is 0 Å². The van der Waals surface area contributed by atoms with Gasteiger partial charge in [0.05, 0.1) is 25.8 Å². The van der Waals surface area contributed by atoms with E-state index in [0.717, 1.165) is 37.1 Å². The summed E-state index contributed by atoms with van der Waals surface area (Å²) in [5, 5.41) is 3.19. The molecule has 0 aromatic carbocycles. The van der Waals surface area contributed by atoms with Gasteiger partial charge in [-0.1, -0.05) is 17.7 Å². The summed E-state index contributed by atoms with van der Waals surface area (Å²) in [6.07, 6.45) is 5.86. The lowest BCUT2D eigenvalue weighted by atomic mass is 9.94. The molecule has 10 heteroatoms. The highest BCUT2D eigenvalue weighted by Crippen LogP contribution is 2.28. The molecule has 0 spiro atoms. The molecule has 200 valence electrons. The first-order valence-electron chi connectivity index (χ1n) is 12.7. The molecule has 9 nitrogen and oxygen atoms in total. The van der Waals surface area contributed by atoms with E-state index < -0.39 is 5.60 Å². The Kier molecular flexibility index (Phi) is 8.87. The van der Waals surface area contributed by atoms with Gasteiger partial charge in [0.25, 0.3) is 0 Å². The molecule has 2 amide bonds. The van der Waals surface area contributed by atoms with Crippen LogP contribution in [0.5, 0.6) is 5.75 Å². The average Bonchev–Trinajstić information content (AvgIpc) is 3.37. The number of carbonyl (C=O) groups is 2. The van der Waals surface area contributed by atoms with Crippen LogP contribution in [-0.2, 0) is 20.7 Å². The number of ether oxygens (including phenoxy) is 3. The first kappa shape index (κ1) is 27.1. The molecule has 37 heavy (non-hydrogen) atoms. The van der Waals surface area contributed by atoms with Crippen LogP contribution < -0.4 is 10.1 Å². The van der Waals surface area contributed by atoms with E-state index >= 15 is 0 Å². The molecule has 2 saturated heterocycles. The van der Waals surface area contributed by atoms with Gasteiger partial charge < -0.3 is 24.4 Å². The minimum absolute atomic E-state index is 0.136. The van der Waals surface area contributed by atoms with Gasteiger partial charge >= 0.3 is 6.09 Å². The topological polar surface area (TPSA) is 103 Å². The lowest BCUT2D eigenvalue weighted by Gasteiger charge is -2.34. The molecular formula is C27H35ClN4O5. The number of amides is 2. The summed E-state index contributed by atoms with van der Waals surface area (Å²) in [6, 6.07) is 5.48. The Morgan fingerprint density at radius 2 is 2.05 bits per heavy atom. The largest absolute Gasteiger partial charge is 0.491 e. The summed E-state index contributed by atoms with van der Waals surface area (Å²) in [6.45, 7) is 8.79. The number of nitrogens with zero attached hydrogens (tertiary/aromatic N) is 3. The molecule has 2 aliphatic heterocycles. The van der Waals surface area contributed by atoms with Crippen molar-refractivity contribution in [3.63, 3.8) is 0 Å². The number of carbonyl (C=O) groups excluding carboxylic acids is 2. The minimum atomic E-state index is -0.522. The van der Waals surface area contributed by atoms with Gasteiger partial charge in [0.1, 0.15) is 22.2 Å². The lowest BCUT2D eigenvalue weighted by molar-refractivity contribution is -0.115. The van der Waals surface area contributed by atoms with Gasteiger partial charge in [0, 0.05) is 49.5 Å². The third-order valence-electron chi connectivity index (χ3n) is 6.29. The van der Waals surface area contributed by atoms with E-state index in [2.05, 4.69) is 15.3 Å². The third-order valence-corrected chi connectivity index (χ3v) is 6.57. The van der Waals surface area contributed by atoms with Crippen LogP contribution in [0.25, 0.3) is 0 Å². The molecule has 0 saturated carbocycles.